The average molecular weight is 276 g/mol. The first-order valence-electron chi connectivity index (χ1n) is 6.76. The number of anilines is 1. The van der Waals surface area contributed by atoms with E-state index in [1.165, 1.54) is 6.20 Å². The molecule has 6 heteroatoms. The minimum Gasteiger partial charge on any atom is -0.397 e. The van der Waals surface area contributed by atoms with Gasteiger partial charge in [0.15, 0.2) is 0 Å². The number of nitrogens with zero attached hydrogens (tertiary/aromatic N) is 2. The van der Waals surface area contributed by atoms with Gasteiger partial charge in [0.1, 0.15) is 0 Å². The molecule has 2 unspecified atom stereocenters. The van der Waals surface area contributed by atoms with Gasteiger partial charge in [-0.05, 0) is 31.9 Å². The highest BCUT2D eigenvalue weighted by molar-refractivity contribution is 5.81. The molecule has 6 nitrogen and oxygen atoms in total. The van der Waals surface area contributed by atoms with Crippen LogP contribution >= 0.6 is 0 Å². The molecular weight excluding hydrogens is 256 g/mol. The quantitative estimate of drug-likeness (QED) is 0.829. The van der Waals surface area contributed by atoms with Gasteiger partial charge in [-0.1, -0.05) is 0 Å². The second-order valence-electron chi connectivity index (χ2n) is 5.33. The molecule has 2 heterocycles. The standard InChI is InChI=1S/C14H20N4O2/c1-9-2-3-10(14(16)20)8-18(9)13(19)6-12-5-4-11(15)7-17-12/h4-5,7,9-10H,2-3,6,8,15H2,1H3,(H2,16,20). The highest BCUT2D eigenvalue weighted by Gasteiger charge is 2.31. The number of hydrogen-bond acceptors (Lipinski definition) is 4. The van der Waals surface area contributed by atoms with Crippen molar-refractivity contribution in [3.63, 3.8) is 0 Å². The molecule has 0 spiro atoms. The van der Waals surface area contributed by atoms with Crippen LogP contribution in [-0.2, 0) is 16.0 Å². The summed E-state index contributed by atoms with van der Waals surface area (Å²) in [5, 5.41) is 0. The Morgan fingerprint density at radius 1 is 1.40 bits per heavy atom. The van der Waals surface area contributed by atoms with E-state index in [1.54, 1.807) is 17.0 Å². The van der Waals surface area contributed by atoms with Gasteiger partial charge in [-0.2, -0.15) is 0 Å². The lowest BCUT2D eigenvalue weighted by Crippen LogP contribution is -2.49. The van der Waals surface area contributed by atoms with E-state index in [4.69, 9.17) is 11.5 Å². The van der Waals surface area contributed by atoms with E-state index in [0.29, 0.717) is 17.9 Å². The second kappa shape index (κ2) is 5.90. The van der Waals surface area contributed by atoms with E-state index >= 15 is 0 Å². The number of carbonyl (C=O) groups excluding carboxylic acids is 2. The van der Waals surface area contributed by atoms with E-state index < -0.39 is 0 Å². The number of primary amides is 1. The van der Waals surface area contributed by atoms with Crippen LogP contribution in [0.4, 0.5) is 5.69 Å². The summed E-state index contributed by atoms with van der Waals surface area (Å²) in [5.41, 5.74) is 12.2. The molecule has 0 saturated carbocycles. The molecule has 1 saturated heterocycles. The summed E-state index contributed by atoms with van der Waals surface area (Å²) in [6, 6.07) is 3.60. The molecule has 1 aliphatic rings. The van der Waals surface area contributed by atoms with Crippen molar-refractivity contribution in [1.82, 2.24) is 9.88 Å². The minimum atomic E-state index is -0.333. The van der Waals surface area contributed by atoms with Gasteiger partial charge in [0.2, 0.25) is 11.8 Å². The molecule has 1 aliphatic heterocycles. The molecule has 20 heavy (non-hydrogen) atoms. The van der Waals surface area contributed by atoms with Crippen LogP contribution < -0.4 is 11.5 Å². The lowest BCUT2D eigenvalue weighted by Gasteiger charge is -2.37. The van der Waals surface area contributed by atoms with Gasteiger partial charge in [-0.25, -0.2) is 0 Å². The van der Waals surface area contributed by atoms with E-state index in [1.807, 2.05) is 6.92 Å². The predicted octanol–water partition coefficient (Wildman–Crippen LogP) is 0.319. The maximum atomic E-state index is 12.3. The molecule has 2 atom stereocenters. The Hall–Kier alpha value is -2.11. The van der Waals surface area contributed by atoms with Crippen molar-refractivity contribution in [3.8, 4) is 0 Å². The molecule has 2 rings (SSSR count). The van der Waals surface area contributed by atoms with E-state index in [0.717, 1.165) is 12.8 Å². The third-order valence-corrected chi connectivity index (χ3v) is 3.78. The van der Waals surface area contributed by atoms with Crippen LogP contribution in [0.5, 0.6) is 0 Å². The van der Waals surface area contributed by atoms with Crippen LogP contribution in [0.15, 0.2) is 18.3 Å². The smallest absolute Gasteiger partial charge is 0.228 e. The molecule has 4 N–H and O–H groups in total. The normalized spacial score (nSPS) is 22.6. The predicted molar refractivity (Wildman–Crippen MR) is 75.4 cm³/mol. The fourth-order valence-electron chi connectivity index (χ4n) is 2.48. The molecule has 1 aromatic heterocycles. The fourth-order valence-corrected chi connectivity index (χ4v) is 2.48. The Bertz CT molecular complexity index is 500. The zero-order chi connectivity index (χ0) is 14.7. The maximum absolute atomic E-state index is 12.3. The number of carbonyl (C=O) groups is 2. The Labute approximate surface area is 118 Å². The topological polar surface area (TPSA) is 102 Å². The zero-order valence-corrected chi connectivity index (χ0v) is 11.6. The molecule has 0 bridgehead atoms. The van der Waals surface area contributed by atoms with Crippen molar-refractivity contribution in [2.75, 3.05) is 12.3 Å². The molecule has 0 aromatic carbocycles. The van der Waals surface area contributed by atoms with Gasteiger partial charge in [-0.3, -0.25) is 14.6 Å². The number of piperidine rings is 1. The van der Waals surface area contributed by atoms with Gasteiger partial charge < -0.3 is 16.4 Å². The van der Waals surface area contributed by atoms with Crippen LogP contribution in [0.3, 0.4) is 0 Å². The molecule has 108 valence electrons. The lowest BCUT2D eigenvalue weighted by molar-refractivity contribution is -0.137. The summed E-state index contributed by atoms with van der Waals surface area (Å²) < 4.78 is 0. The fraction of sp³-hybridized carbons (Fsp3) is 0.500. The first kappa shape index (κ1) is 14.3. The number of pyridine rings is 1. The van der Waals surface area contributed by atoms with Crippen molar-refractivity contribution in [2.24, 2.45) is 11.7 Å². The van der Waals surface area contributed by atoms with E-state index in [9.17, 15) is 9.59 Å². The molecule has 1 fully saturated rings. The van der Waals surface area contributed by atoms with Crippen LogP contribution in [0.25, 0.3) is 0 Å². The average Bonchev–Trinajstić information content (AvgIpc) is 2.41. The first-order valence-corrected chi connectivity index (χ1v) is 6.76. The van der Waals surface area contributed by atoms with Crippen LogP contribution in [0, 0.1) is 5.92 Å². The van der Waals surface area contributed by atoms with Crippen molar-refractivity contribution >= 4 is 17.5 Å². The van der Waals surface area contributed by atoms with Gasteiger partial charge in [0, 0.05) is 18.3 Å². The summed E-state index contributed by atoms with van der Waals surface area (Å²) in [4.78, 5) is 29.5. The number of hydrogen-bond donors (Lipinski definition) is 2. The largest absolute Gasteiger partial charge is 0.397 e. The summed E-state index contributed by atoms with van der Waals surface area (Å²) >= 11 is 0. The van der Waals surface area contributed by atoms with Crippen molar-refractivity contribution in [3.05, 3.63) is 24.0 Å². The summed E-state index contributed by atoms with van der Waals surface area (Å²) in [7, 11) is 0. The number of rotatable bonds is 3. The first-order chi connectivity index (χ1) is 9.47. The monoisotopic (exact) mass is 276 g/mol. The number of nitrogen functional groups attached to an aromatic ring is 1. The minimum absolute atomic E-state index is 0.0271. The molecular formula is C14H20N4O2. The van der Waals surface area contributed by atoms with Gasteiger partial charge in [-0.15, -0.1) is 0 Å². The lowest BCUT2D eigenvalue weighted by atomic mass is 9.92. The second-order valence-corrected chi connectivity index (χ2v) is 5.33. The van der Waals surface area contributed by atoms with E-state index in [2.05, 4.69) is 4.98 Å². The SMILES string of the molecule is CC1CCC(C(N)=O)CN1C(=O)Cc1ccc(N)cn1. The number of nitrogens with two attached hydrogens (primary N) is 2. The van der Waals surface area contributed by atoms with Crippen LogP contribution in [0.2, 0.25) is 0 Å². The Morgan fingerprint density at radius 3 is 2.75 bits per heavy atom. The Balaban J connectivity index is 2.03. The molecule has 2 amide bonds. The maximum Gasteiger partial charge on any atom is 0.228 e. The van der Waals surface area contributed by atoms with Crippen LogP contribution in [-0.4, -0.2) is 34.3 Å². The Kier molecular flexibility index (Phi) is 4.22. The number of aromatic nitrogens is 1. The number of likely N-dealkylation sites (tertiary alicyclic amines) is 1. The van der Waals surface area contributed by atoms with E-state index in [-0.39, 0.29) is 30.2 Å². The van der Waals surface area contributed by atoms with Crippen LogP contribution in [0.1, 0.15) is 25.5 Å². The third-order valence-electron chi connectivity index (χ3n) is 3.78. The molecule has 0 aliphatic carbocycles. The molecule has 0 radical (unpaired) electrons. The van der Waals surface area contributed by atoms with Gasteiger partial charge in [0.25, 0.3) is 0 Å². The summed E-state index contributed by atoms with van der Waals surface area (Å²) in [6.45, 7) is 2.40. The third kappa shape index (κ3) is 3.26. The van der Waals surface area contributed by atoms with Gasteiger partial charge >= 0.3 is 0 Å². The summed E-state index contributed by atoms with van der Waals surface area (Å²) in [6.07, 6.45) is 3.31. The van der Waals surface area contributed by atoms with Crippen molar-refractivity contribution < 1.29 is 9.59 Å². The number of amides is 2. The highest BCUT2D eigenvalue weighted by atomic mass is 16.2. The van der Waals surface area contributed by atoms with Gasteiger partial charge in [0.05, 0.1) is 24.2 Å². The Morgan fingerprint density at radius 2 is 2.15 bits per heavy atom. The highest BCUT2D eigenvalue weighted by Crippen LogP contribution is 2.22. The summed E-state index contributed by atoms with van der Waals surface area (Å²) in [5.74, 6) is -0.601. The van der Waals surface area contributed by atoms with Crippen molar-refractivity contribution in [2.45, 2.75) is 32.2 Å². The molecule has 1 aromatic rings. The zero-order valence-electron chi connectivity index (χ0n) is 11.6. The van der Waals surface area contributed by atoms with Crippen molar-refractivity contribution in [1.29, 1.82) is 0 Å².